The van der Waals surface area contributed by atoms with Crippen LogP contribution >= 0.6 is 11.3 Å². The number of phenolic OH excluding ortho intramolecular Hbond substituents is 1. The standard InChI is InChI=1S/C21H23N5O2S/c1-25-8-10-26(11-9-25)17-6-12-28-19(17)21(24-15-4-2-3-5-18(15)27)20-16(7-13-29-20)22-14-23-21/h2-7,12-14,24,27H,8-11H2,1H3,(H,22,23). The molecule has 2 aliphatic rings. The highest BCUT2D eigenvalue weighted by atomic mass is 32.1. The van der Waals surface area contributed by atoms with Crippen molar-refractivity contribution in [1.82, 2.24) is 4.90 Å². The second-order valence-corrected chi connectivity index (χ2v) is 8.26. The predicted molar refractivity (Wildman–Crippen MR) is 117 cm³/mol. The summed E-state index contributed by atoms with van der Waals surface area (Å²) in [6, 6.07) is 11.3. The lowest BCUT2D eigenvalue weighted by atomic mass is 10.00. The number of para-hydroxylation sites is 2. The molecule has 7 nitrogen and oxygen atoms in total. The van der Waals surface area contributed by atoms with Crippen molar-refractivity contribution in [3.63, 3.8) is 0 Å². The molecule has 150 valence electrons. The second-order valence-electron chi connectivity index (χ2n) is 7.34. The van der Waals surface area contributed by atoms with Gasteiger partial charge in [0.25, 0.3) is 0 Å². The molecule has 1 unspecified atom stereocenters. The van der Waals surface area contributed by atoms with Crippen LogP contribution in [0.2, 0.25) is 0 Å². The van der Waals surface area contributed by atoms with E-state index in [1.165, 1.54) is 0 Å². The van der Waals surface area contributed by atoms with Gasteiger partial charge in [0, 0.05) is 32.2 Å². The van der Waals surface area contributed by atoms with Crippen molar-refractivity contribution in [3.8, 4) is 5.75 Å². The van der Waals surface area contributed by atoms with Crippen molar-refractivity contribution in [2.75, 3.05) is 48.8 Å². The van der Waals surface area contributed by atoms with E-state index in [1.807, 2.05) is 29.6 Å². The fourth-order valence-corrected chi connectivity index (χ4v) is 4.87. The van der Waals surface area contributed by atoms with Gasteiger partial charge in [-0.1, -0.05) is 12.1 Å². The first-order valence-electron chi connectivity index (χ1n) is 9.63. The molecular formula is C21H23N5O2S. The lowest BCUT2D eigenvalue weighted by molar-refractivity contribution is 0.311. The molecule has 2 aliphatic heterocycles. The molecule has 1 aromatic carbocycles. The lowest BCUT2D eigenvalue weighted by Gasteiger charge is -2.37. The van der Waals surface area contributed by atoms with Crippen LogP contribution in [-0.2, 0) is 5.66 Å². The minimum atomic E-state index is -0.963. The Kier molecular flexibility index (Phi) is 4.44. The third kappa shape index (κ3) is 3.04. The zero-order valence-corrected chi connectivity index (χ0v) is 16.9. The number of likely N-dealkylation sites (N-methyl/N-ethyl adjacent to an activating group) is 1. The fraction of sp³-hybridized carbons (Fsp3) is 0.286. The Balaban J connectivity index is 1.64. The summed E-state index contributed by atoms with van der Waals surface area (Å²) in [5, 5.41) is 19.2. The topological polar surface area (TPSA) is 76.3 Å². The molecule has 4 heterocycles. The summed E-state index contributed by atoms with van der Waals surface area (Å²) in [5.41, 5.74) is 1.65. The maximum absolute atomic E-state index is 10.4. The molecular weight excluding hydrogens is 386 g/mol. The van der Waals surface area contributed by atoms with E-state index in [2.05, 4.69) is 27.5 Å². The molecule has 1 saturated heterocycles. The number of hydrogen-bond acceptors (Lipinski definition) is 8. The molecule has 1 atom stereocenters. The number of thiophene rings is 1. The number of aliphatic imine (C=N–C) groups is 1. The first kappa shape index (κ1) is 18.1. The Hall–Kier alpha value is -2.97. The van der Waals surface area contributed by atoms with Gasteiger partial charge in [0.2, 0.25) is 5.66 Å². The number of piperazine rings is 1. The van der Waals surface area contributed by atoms with Crippen molar-refractivity contribution in [3.05, 3.63) is 58.7 Å². The quantitative estimate of drug-likeness (QED) is 0.572. The molecule has 1 fully saturated rings. The molecule has 8 heteroatoms. The van der Waals surface area contributed by atoms with Gasteiger partial charge < -0.3 is 30.0 Å². The zero-order valence-electron chi connectivity index (χ0n) is 16.1. The summed E-state index contributed by atoms with van der Waals surface area (Å²) in [6.07, 6.45) is 3.42. The van der Waals surface area contributed by atoms with Crippen LogP contribution in [0.15, 0.2) is 57.5 Å². The molecule has 0 bridgehead atoms. The minimum absolute atomic E-state index is 0.173. The van der Waals surface area contributed by atoms with Gasteiger partial charge in [-0.2, -0.15) is 0 Å². The van der Waals surface area contributed by atoms with Crippen LogP contribution < -0.4 is 15.5 Å². The molecule has 0 amide bonds. The molecule has 5 rings (SSSR count). The average Bonchev–Trinajstić information content (AvgIpc) is 3.41. The number of furan rings is 1. The van der Waals surface area contributed by atoms with Crippen LogP contribution in [-0.4, -0.2) is 49.6 Å². The van der Waals surface area contributed by atoms with E-state index in [0.29, 0.717) is 5.69 Å². The third-order valence-corrected chi connectivity index (χ3v) is 6.53. The van der Waals surface area contributed by atoms with Crippen LogP contribution in [0.25, 0.3) is 0 Å². The Bertz CT molecular complexity index is 1040. The Morgan fingerprint density at radius 3 is 2.83 bits per heavy atom. The maximum atomic E-state index is 10.4. The third-order valence-electron chi connectivity index (χ3n) is 5.51. The summed E-state index contributed by atoms with van der Waals surface area (Å²) in [4.78, 5) is 10.5. The number of fused-ring (bicyclic) bond motifs is 1. The molecule has 0 spiro atoms. The second kappa shape index (κ2) is 7.13. The molecule has 0 aliphatic carbocycles. The van der Waals surface area contributed by atoms with Crippen LogP contribution in [0.5, 0.6) is 5.75 Å². The normalized spacial score (nSPS) is 21.6. The Labute approximate surface area is 173 Å². The van der Waals surface area contributed by atoms with Gasteiger partial charge in [-0.05, 0) is 30.6 Å². The summed E-state index contributed by atoms with van der Waals surface area (Å²) >= 11 is 1.60. The molecule has 0 saturated carbocycles. The van der Waals surface area contributed by atoms with Crippen LogP contribution in [0.1, 0.15) is 10.6 Å². The van der Waals surface area contributed by atoms with E-state index in [-0.39, 0.29) is 5.75 Å². The van der Waals surface area contributed by atoms with Crippen LogP contribution in [0.4, 0.5) is 17.1 Å². The molecule has 29 heavy (non-hydrogen) atoms. The first-order chi connectivity index (χ1) is 14.2. The summed E-state index contributed by atoms with van der Waals surface area (Å²) in [6.45, 7) is 3.85. The Morgan fingerprint density at radius 1 is 1.17 bits per heavy atom. The highest BCUT2D eigenvalue weighted by molar-refractivity contribution is 7.10. The number of hydrogen-bond donors (Lipinski definition) is 3. The molecule has 3 aromatic rings. The van der Waals surface area contributed by atoms with E-state index in [4.69, 9.17) is 9.41 Å². The van der Waals surface area contributed by atoms with Gasteiger partial charge in [0.15, 0.2) is 5.76 Å². The Morgan fingerprint density at radius 2 is 2.00 bits per heavy atom. The van der Waals surface area contributed by atoms with Gasteiger partial charge in [0.05, 0.1) is 34.5 Å². The lowest BCUT2D eigenvalue weighted by Crippen LogP contribution is -2.46. The fourth-order valence-electron chi connectivity index (χ4n) is 3.91. The van der Waals surface area contributed by atoms with E-state index >= 15 is 0 Å². The monoisotopic (exact) mass is 409 g/mol. The number of rotatable bonds is 4. The maximum Gasteiger partial charge on any atom is 0.229 e. The van der Waals surface area contributed by atoms with Gasteiger partial charge in [-0.25, -0.2) is 4.99 Å². The first-order valence-corrected chi connectivity index (χ1v) is 10.5. The van der Waals surface area contributed by atoms with Crippen molar-refractivity contribution >= 4 is 34.7 Å². The predicted octanol–water partition coefficient (Wildman–Crippen LogP) is 3.57. The van der Waals surface area contributed by atoms with Crippen molar-refractivity contribution < 1.29 is 9.52 Å². The summed E-state index contributed by atoms with van der Waals surface area (Å²) in [7, 11) is 2.14. The van der Waals surface area contributed by atoms with Crippen molar-refractivity contribution in [2.45, 2.75) is 5.66 Å². The van der Waals surface area contributed by atoms with Gasteiger partial charge >= 0.3 is 0 Å². The molecule has 3 N–H and O–H groups in total. The van der Waals surface area contributed by atoms with Crippen LogP contribution in [0, 0.1) is 0 Å². The van der Waals surface area contributed by atoms with Crippen LogP contribution in [0.3, 0.4) is 0 Å². The van der Waals surface area contributed by atoms with E-state index in [9.17, 15) is 5.11 Å². The highest BCUT2D eigenvalue weighted by Crippen LogP contribution is 2.48. The number of benzene rings is 1. The molecule has 0 radical (unpaired) electrons. The average molecular weight is 410 g/mol. The molecule has 2 aromatic heterocycles. The number of nitrogens with one attached hydrogen (secondary N) is 2. The zero-order chi connectivity index (χ0) is 19.8. The number of nitrogens with zero attached hydrogens (tertiary/aromatic N) is 3. The van der Waals surface area contributed by atoms with E-state index < -0.39 is 5.66 Å². The number of phenols is 1. The van der Waals surface area contributed by atoms with E-state index in [0.717, 1.165) is 48.2 Å². The minimum Gasteiger partial charge on any atom is -0.506 e. The van der Waals surface area contributed by atoms with Gasteiger partial charge in [-0.15, -0.1) is 11.3 Å². The number of aromatic hydroxyl groups is 1. The summed E-state index contributed by atoms with van der Waals surface area (Å²) < 4.78 is 6.09. The SMILES string of the molecule is CN1CCN(c2ccoc2C2(Nc3ccccc3O)N=CNc3ccsc32)CC1. The van der Waals surface area contributed by atoms with Gasteiger partial charge in [-0.3, -0.25) is 0 Å². The largest absolute Gasteiger partial charge is 0.506 e. The van der Waals surface area contributed by atoms with Gasteiger partial charge in [0.1, 0.15) is 5.75 Å². The summed E-state index contributed by atoms with van der Waals surface area (Å²) in [5.74, 6) is 0.901. The van der Waals surface area contributed by atoms with Crippen molar-refractivity contribution in [2.24, 2.45) is 4.99 Å². The van der Waals surface area contributed by atoms with E-state index in [1.54, 1.807) is 36.1 Å². The van der Waals surface area contributed by atoms with Crippen molar-refractivity contribution in [1.29, 1.82) is 0 Å². The number of anilines is 3. The smallest absolute Gasteiger partial charge is 0.229 e. The highest BCUT2D eigenvalue weighted by Gasteiger charge is 2.45.